The van der Waals surface area contributed by atoms with Crippen LogP contribution in [-0.4, -0.2) is 30.6 Å². The highest BCUT2D eigenvalue weighted by Crippen LogP contribution is 2.28. The summed E-state index contributed by atoms with van der Waals surface area (Å²) >= 11 is 0. The maximum Gasteiger partial charge on any atom is 0.269 e. The third kappa shape index (κ3) is 3.20. The van der Waals surface area contributed by atoms with Crippen LogP contribution < -0.4 is 11.1 Å². The van der Waals surface area contributed by atoms with Gasteiger partial charge in [-0.15, -0.1) is 0 Å². The van der Waals surface area contributed by atoms with Gasteiger partial charge in [0.25, 0.3) is 5.91 Å². The summed E-state index contributed by atoms with van der Waals surface area (Å²) in [6.07, 6.45) is 3.48. The number of carbonyl (C=O) groups excluding carboxylic acids is 1. The fourth-order valence-electron chi connectivity index (χ4n) is 2.00. The van der Waals surface area contributed by atoms with E-state index in [0.717, 1.165) is 26.1 Å². The van der Waals surface area contributed by atoms with Crippen molar-refractivity contribution in [1.29, 1.82) is 0 Å². The quantitative estimate of drug-likeness (QED) is 0.844. The van der Waals surface area contributed by atoms with E-state index in [9.17, 15) is 4.79 Å². The second-order valence-corrected chi connectivity index (χ2v) is 5.08. The van der Waals surface area contributed by atoms with Gasteiger partial charge in [-0.25, -0.2) is 0 Å². The molecular formula is C13H19N3O2. The predicted molar refractivity (Wildman–Crippen MR) is 69.1 cm³/mol. The van der Waals surface area contributed by atoms with E-state index in [0.29, 0.717) is 17.9 Å². The molecule has 0 bridgehead atoms. The van der Waals surface area contributed by atoms with E-state index in [4.69, 9.17) is 10.5 Å². The van der Waals surface area contributed by atoms with E-state index >= 15 is 0 Å². The summed E-state index contributed by atoms with van der Waals surface area (Å²) in [7, 11) is 0. The molecule has 3 N–H and O–H groups in total. The van der Waals surface area contributed by atoms with Gasteiger partial charge in [0.05, 0.1) is 0 Å². The number of hydrogen-bond donors (Lipinski definition) is 2. The van der Waals surface area contributed by atoms with Crippen molar-refractivity contribution in [3.63, 3.8) is 0 Å². The fraction of sp³-hybridized carbons (Fsp3) is 0.538. The molecule has 0 radical (unpaired) electrons. The van der Waals surface area contributed by atoms with E-state index in [2.05, 4.69) is 17.2 Å². The number of nitrogens with zero attached hydrogens (tertiary/aromatic N) is 1. The highest BCUT2D eigenvalue weighted by Gasteiger charge is 2.27. The van der Waals surface area contributed by atoms with Crippen LogP contribution in [0.15, 0.2) is 18.3 Å². The number of nitrogen functional groups attached to an aromatic ring is 1. The topological polar surface area (TPSA) is 77.2 Å². The summed E-state index contributed by atoms with van der Waals surface area (Å²) in [5.41, 5.74) is 6.66. The fourth-order valence-corrected chi connectivity index (χ4v) is 2.00. The molecule has 2 rings (SSSR count). The van der Waals surface area contributed by atoms with Crippen molar-refractivity contribution in [2.24, 2.45) is 5.41 Å². The number of hydrogen-bond acceptors (Lipinski definition) is 4. The van der Waals surface area contributed by atoms with Crippen molar-refractivity contribution >= 4 is 11.6 Å². The Kier molecular flexibility index (Phi) is 3.81. The minimum absolute atomic E-state index is 0.119. The largest absolute Gasteiger partial charge is 0.399 e. The Morgan fingerprint density at radius 2 is 2.28 bits per heavy atom. The van der Waals surface area contributed by atoms with Gasteiger partial charge in [-0.05, 0) is 30.4 Å². The van der Waals surface area contributed by atoms with Gasteiger partial charge in [0.15, 0.2) is 0 Å². The van der Waals surface area contributed by atoms with Crippen LogP contribution in [0.25, 0.3) is 0 Å². The van der Waals surface area contributed by atoms with Crippen molar-refractivity contribution in [2.45, 2.75) is 19.8 Å². The van der Waals surface area contributed by atoms with Crippen molar-refractivity contribution in [3.05, 3.63) is 24.0 Å². The number of nitrogens with one attached hydrogen (secondary N) is 1. The Morgan fingerprint density at radius 1 is 1.56 bits per heavy atom. The first-order valence-electron chi connectivity index (χ1n) is 6.17. The number of amides is 1. The minimum Gasteiger partial charge on any atom is -0.399 e. The van der Waals surface area contributed by atoms with Crippen LogP contribution in [0.4, 0.5) is 5.69 Å². The van der Waals surface area contributed by atoms with Gasteiger partial charge < -0.3 is 15.8 Å². The molecule has 1 amide bonds. The van der Waals surface area contributed by atoms with Gasteiger partial charge in [0.2, 0.25) is 0 Å². The van der Waals surface area contributed by atoms with Gasteiger partial charge in [-0.1, -0.05) is 6.92 Å². The monoisotopic (exact) mass is 249 g/mol. The molecule has 1 fully saturated rings. The van der Waals surface area contributed by atoms with Crippen molar-refractivity contribution in [2.75, 3.05) is 25.5 Å². The molecule has 1 saturated heterocycles. The van der Waals surface area contributed by atoms with Crippen molar-refractivity contribution in [3.8, 4) is 0 Å². The maximum atomic E-state index is 11.9. The average molecular weight is 249 g/mol. The standard InChI is InChI=1S/C13H19N3O2/c1-13(3-6-18-7-4-13)9-16-12(17)11-8-10(14)2-5-15-11/h2,5,8H,3-4,6-7,9H2,1H3,(H2,14,15)(H,16,17). The molecule has 1 aromatic heterocycles. The Balaban J connectivity index is 1.92. The Hall–Kier alpha value is -1.62. The zero-order valence-corrected chi connectivity index (χ0v) is 10.6. The van der Waals surface area contributed by atoms with E-state index in [1.165, 1.54) is 0 Å². The number of aromatic nitrogens is 1. The summed E-state index contributed by atoms with van der Waals surface area (Å²) in [5, 5.41) is 2.92. The number of ether oxygens (including phenoxy) is 1. The van der Waals surface area contributed by atoms with Crippen LogP contribution >= 0.6 is 0 Å². The Bertz CT molecular complexity index is 428. The van der Waals surface area contributed by atoms with Crippen LogP contribution in [0.2, 0.25) is 0 Å². The third-order valence-corrected chi connectivity index (χ3v) is 3.39. The zero-order valence-electron chi connectivity index (χ0n) is 10.6. The molecular weight excluding hydrogens is 230 g/mol. The van der Waals surface area contributed by atoms with Gasteiger partial charge >= 0.3 is 0 Å². The van der Waals surface area contributed by atoms with Crippen LogP contribution in [-0.2, 0) is 4.74 Å². The van der Waals surface area contributed by atoms with Crippen molar-refractivity contribution < 1.29 is 9.53 Å². The van der Waals surface area contributed by atoms with Gasteiger partial charge in [-0.2, -0.15) is 0 Å². The van der Waals surface area contributed by atoms with Crippen LogP contribution in [0.3, 0.4) is 0 Å². The number of rotatable bonds is 3. The Labute approximate surface area is 107 Å². The lowest BCUT2D eigenvalue weighted by Gasteiger charge is -2.33. The van der Waals surface area contributed by atoms with Crippen LogP contribution in [0, 0.1) is 5.41 Å². The SMILES string of the molecule is CC1(CNC(=O)c2cc(N)ccn2)CCOCC1. The van der Waals surface area contributed by atoms with E-state index in [1.807, 2.05) is 0 Å². The molecule has 0 spiro atoms. The molecule has 0 saturated carbocycles. The summed E-state index contributed by atoms with van der Waals surface area (Å²) in [5.74, 6) is -0.171. The molecule has 2 heterocycles. The molecule has 98 valence electrons. The third-order valence-electron chi connectivity index (χ3n) is 3.39. The molecule has 0 aromatic carbocycles. The number of nitrogens with two attached hydrogens (primary N) is 1. The molecule has 1 aromatic rings. The second kappa shape index (κ2) is 5.35. The van der Waals surface area contributed by atoms with E-state index in [1.54, 1.807) is 18.3 Å². The molecule has 18 heavy (non-hydrogen) atoms. The first kappa shape index (κ1) is 12.8. The second-order valence-electron chi connectivity index (χ2n) is 5.08. The highest BCUT2D eigenvalue weighted by atomic mass is 16.5. The molecule has 0 unspecified atom stereocenters. The smallest absolute Gasteiger partial charge is 0.269 e. The molecule has 5 nitrogen and oxygen atoms in total. The van der Waals surface area contributed by atoms with Gasteiger partial charge in [0, 0.05) is 31.6 Å². The minimum atomic E-state index is -0.171. The number of anilines is 1. The zero-order chi connectivity index (χ0) is 13.0. The number of pyridine rings is 1. The highest BCUT2D eigenvalue weighted by molar-refractivity contribution is 5.92. The van der Waals surface area contributed by atoms with Crippen molar-refractivity contribution in [1.82, 2.24) is 10.3 Å². The molecule has 0 atom stereocenters. The summed E-state index contributed by atoms with van der Waals surface area (Å²) < 4.78 is 5.33. The molecule has 5 heteroatoms. The lowest BCUT2D eigenvalue weighted by molar-refractivity contribution is 0.0238. The normalized spacial score (nSPS) is 18.3. The molecule has 0 aliphatic carbocycles. The first-order valence-corrected chi connectivity index (χ1v) is 6.17. The lowest BCUT2D eigenvalue weighted by Crippen LogP contribution is -2.39. The summed E-state index contributed by atoms with van der Waals surface area (Å²) in [6, 6.07) is 3.25. The average Bonchev–Trinajstić information content (AvgIpc) is 2.37. The maximum absolute atomic E-state index is 11.9. The van der Waals surface area contributed by atoms with Gasteiger partial charge in [0.1, 0.15) is 5.69 Å². The predicted octanol–water partition coefficient (Wildman–Crippen LogP) is 1.21. The molecule has 1 aliphatic rings. The number of carbonyl (C=O) groups is 1. The molecule has 1 aliphatic heterocycles. The Morgan fingerprint density at radius 3 is 2.94 bits per heavy atom. The van der Waals surface area contributed by atoms with Crippen LogP contribution in [0.5, 0.6) is 0 Å². The van der Waals surface area contributed by atoms with E-state index in [-0.39, 0.29) is 11.3 Å². The van der Waals surface area contributed by atoms with E-state index < -0.39 is 0 Å². The van der Waals surface area contributed by atoms with Gasteiger partial charge in [-0.3, -0.25) is 9.78 Å². The first-order chi connectivity index (χ1) is 8.59. The summed E-state index contributed by atoms with van der Waals surface area (Å²) in [4.78, 5) is 15.9. The van der Waals surface area contributed by atoms with Crippen LogP contribution in [0.1, 0.15) is 30.3 Å². The lowest BCUT2D eigenvalue weighted by atomic mass is 9.82. The summed E-state index contributed by atoms with van der Waals surface area (Å²) in [6.45, 7) is 4.35.